The van der Waals surface area contributed by atoms with E-state index in [-0.39, 0.29) is 0 Å². The van der Waals surface area contributed by atoms with Crippen molar-refractivity contribution >= 4 is 11.8 Å². The molecule has 2 heterocycles. The summed E-state index contributed by atoms with van der Waals surface area (Å²) in [5, 5.41) is 3.64. The number of rotatable bonds is 2. The summed E-state index contributed by atoms with van der Waals surface area (Å²) in [5.74, 6) is 2.71. The van der Waals surface area contributed by atoms with Crippen LogP contribution in [0.1, 0.15) is 25.7 Å². The van der Waals surface area contributed by atoms with Crippen LogP contribution in [0.4, 0.5) is 0 Å². The van der Waals surface area contributed by atoms with E-state index in [4.69, 9.17) is 0 Å². The van der Waals surface area contributed by atoms with Crippen molar-refractivity contribution in [3.8, 4) is 0 Å². The molecular weight excluding hydrogens is 192 g/mol. The molecule has 2 aliphatic rings. The van der Waals surface area contributed by atoms with E-state index in [9.17, 15) is 0 Å². The zero-order valence-corrected chi connectivity index (χ0v) is 9.82. The summed E-state index contributed by atoms with van der Waals surface area (Å²) in [6, 6.07) is 0.784. The Morgan fingerprint density at radius 3 is 3.00 bits per heavy atom. The van der Waals surface area contributed by atoms with Gasteiger partial charge in [-0.05, 0) is 38.1 Å². The first-order valence-electron chi connectivity index (χ1n) is 5.98. The number of hydrogen-bond donors (Lipinski definition) is 1. The molecule has 0 spiro atoms. The summed E-state index contributed by atoms with van der Waals surface area (Å²) in [6.45, 7) is 5.17. The van der Waals surface area contributed by atoms with Gasteiger partial charge in [0.2, 0.25) is 0 Å². The number of nitrogens with one attached hydrogen (secondary N) is 1. The number of nitrogens with zero attached hydrogens (tertiary/aromatic N) is 1. The zero-order chi connectivity index (χ0) is 9.64. The smallest absolute Gasteiger partial charge is 0.0195 e. The molecule has 0 aromatic carbocycles. The summed E-state index contributed by atoms with van der Waals surface area (Å²) < 4.78 is 0. The molecule has 1 atom stereocenters. The Morgan fingerprint density at radius 1 is 1.14 bits per heavy atom. The van der Waals surface area contributed by atoms with Gasteiger partial charge in [0.05, 0.1) is 0 Å². The highest BCUT2D eigenvalue weighted by Crippen LogP contribution is 2.13. The minimum absolute atomic E-state index is 0.784. The van der Waals surface area contributed by atoms with Gasteiger partial charge < -0.3 is 10.2 Å². The molecule has 2 rings (SSSR count). The van der Waals surface area contributed by atoms with E-state index in [0.29, 0.717) is 0 Å². The molecule has 2 saturated heterocycles. The molecule has 0 aromatic heterocycles. The molecule has 0 aliphatic carbocycles. The maximum atomic E-state index is 3.64. The minimum Gasteiger partial charge on any atom is -0.313 e. The molecule has 3 heteroatoms. The molecule has 0 bridgehead atoms. The number of hydrogen-bond acceptors (Lipinski definition) is 3. The van der Waals surface area contributed by atoms with Crippen LogP contribution in [-0.4, -0.2) is 48.6 Å². The standard InChI is InChI=1S/C11H22N2S/c1-2-5-12-11(4-1)10-13-6-3-8-14-9-7-13/h11-12H,1-10H2/t11-/m0/s1. The number of piperidine rings is 1. The first-order chi connectivity index (χ1) is 6.95. The van der Waals surface area contributed by atoms with Crippen LogP contribution in [0.5, 0.6) is 0 Å². The Morgan fingerprint density at radius 2 is 2.14 bits per heavy atom. The third kappa shape index (κ3) is 3.44. The summed E-state index contributed by atoms with van der Waals surface area (Å²) >= 11 is 2.12. The van der Waals surface area contributed by atoms with E-state index in [1.54, 1.807) is 0 Å². The SMILES string of the molecule is C1CC[C@@H](CN2CCCSCC2)NC1. The Hall–Kier alpha value is 0.270. The van der Waals surface area contributed by atoms with Gasteiger partial charge in [0, 0.05) is 24.9 Å². The van der Waals surface area contributed by atoms with E-state index in [2.05, 4.69) is 22.0 Å². The van der Waals surface area contributed by atoms with Crippen LogP contribution in [0.25, 0.3) is 0 Å². The average molecular weight is 214 g/mol. The maximum absolute atomic E-state index is 3.64. The van der Waals surface area contributed by atoms with Crippen molar-refractivity contribution in [3.63, 3.8) is 0 Å². The maximum Gasteiger partial charge on any atom is 0.0195 e. The molecule has 2 aliphatic heterocycles. The minimum atomic E-state index is 0.784. The Labute approximate surface area is 91.8 Å². The van der Waals surface area contributed by atoms with Crippen LogP contribution in [0.2, 0.25) is 0 Å². The van der Waals surface area contributed by atoms with Gasteiger partial charge in [-0.15, -0.1) is 0 Å². The van der Waals surface area contributed by atoms with Crippen molar-refractivity contribution in [1.29, 1.82) is 0 Å². The zero-order valence-electron chi connectivity index (χ0n) is 9.00. The molecule has 0 saturated carbocycles. The highest BCUT2D eigenvalue weighted by Gasteiger charge is 2.17. The number of thioether (sulfide) groups is 1. The Bertz CT molecular complexity index is 149. The second-order valence-electron chi connectivity index (χ2n) is 4.41. The van der Waals surface area contributed by atoms with Gasteiger partial charge in [-0.25, -0.2) is 0 Å². The van der Waals surface area contributed by atoms with Crippen LogP contribution >= 0.6 is 11.8 Å². The van der Waals surface area contributed by atoms with E-state index < -0.39 is 0 Å². The molecule has 0 aromatic rings. The highest BCUT2D eigenvalue weighted by atomic mass is 32.2. The van der Waals surface area contributed by atoms with Gasteiger partial charge in [0.15, 0.2) is 0 Å². The second kappa shape index (κ2) is 5.99. The predicted octanol–water partition coefficient (Wildman–Crippen LogP) is 1.57. The fourth-order valence-corrected chi connectivity index (χ4v) is 3.30. The largest absolute Gasteiger partial charge is 0.313 e. The summed E-state index contributed by atoms with van der Waals surface area (Å²) in [6.07, 6.45) is 5.59. The summed E-state index contributed by atoms with van der Waals surface area (Å²) in [5.41, 5.74) is 0. The second-order valence-corrected chi connectivity index (χ2v) is 5.64. The van der Waals surface area contributed by atoms with Crippen molar-refractivity contribution < 1.29 is 0 Å². The van der Waals surface area contributed by atoms with Crippen LogP contribution in [-0.2, 0) is 0 Å². The van der Waals surface area contributed by atoms with Crippen LogP contribution in [0, 0.1) is 0 Å². The average Bonchev–Trinajstić information content (AvgIpc) is 2.48. The van der Waals surface area contributed by atoms with Gasteiger partial charge >= 0.3 is 0 Å². The molecule has 82 valence electrons. The monoisotopic (exact) mass is 214 g/mol. The predicted molar refractivity (Wildman–Crippen MR) is 64.0 cm³/mol. The molecule has 14 heavy (non-hydrogen) atoms. The summed E-state index contributed by atoms with van der Waals surface area (Å²) in [4.78, 5) is 2.66. The van der Waals surface area contributed by atoms with Crippen molar-refractivity contribution in [2.75, 3.05) is 37.7 Å². The van der Waals surface area contributed by atoms with Crippen LogP contribution in [0.3, 0.4) is 0 Å². The van der Waals surface area contributed by atoms with Crippen molar-refractivity contribution in [2.24, 2.45) is 0 Å². The third-order valence-corrected chi connectivity index (χ3v) is 4.25. The van der Waals surface area contributed by atoms with Gasteiger partial charge in [-0.2, -0.15) is 11.8 Å². The lowest BCUT2D eigenvalue weighted by Crippen LogP contribution is -2.44. The fourth-order valence-electron chi connectivity index (χ4n) is 2.37. The first-order valence-corrected chi connectivity index (χ1v) is 7.14. The highest BCUT2D eigenvalue weighted by molar-refractivity contribution is 7.99. The fraction of sp³-hybridized carbons (Fsp3) is 1.00. The molecule has 0 amide bonds. The molecule has 2 nitrogen and oxygen atoms in total. The Kier molecular flexibility index (Phi) is 4.61. The lowest BCUT2D eigenvalue weighted by atomic mass is 10.0. The van der Waals surface area contributed by atoms with Crippen molar-refractivity contribution in [2.45, 2.75) is 31.7 Å². The molecule has 0 radical (unpaired) electrons. The van der Waals surface area contributed by atoms with E-state index in [1.165, 1.54) is 63.4 Å². The summed E-state index contributed by atoms with van der Waals surface area (Å²) in [7, 11) is 0. The quantitative estimate of drug-likeness (QED) is 0.751. The van der Waals surface area contributed by atoms with Gasteiger partial charge in [0.25, 0.3) is 0 Å². The lowest BCUT2D eigenvalue weighted by molar-refractivity contribution is 0.238. The van der Waals surface area contributed by atoms with Crippen molar-refractivity contribution in [1.82, 2.24) is 10.2 Å². The molecule has 2 fully saturated rings. The van der Waals surface area contributed by atoms with Crippen LogP contribution < -0.4 is 5.32 Å². The van der Waals surface area contributed by atoms with E-state index in [0.717, 1.165) is 6.04 Å². The molecule has 0 unspecified atom stereocenters. The van der Waals surface area contributed by atoms with Gasteiger partial charge in [-0.1, -0.05) is 6.42 Å². The first kappa shape index (κ1) is 10.8. The van der Waals surface area contributed by atoms with E-state index in [1.807, 2.05) is 0 Å². The third-order valence-electron chi connectivity index (χ3n) is 3.21. The normalized spacial score (nSPS) is 31.3. The topological polar surface area (TPSA) is 15.3 Å². The van der Waals surface area contributed by atoms with Gasteiger partial charge in [0.1, 0.15) is 0 Å². The molecular formula is C11H22N2S. The lowest BCUT2D eigenvalue weighted by Gasteiger charge is -2.29. The van der Waals surface area contributed by atoms with E-state index >= 15 is 0 Å². The Balaban J connectivity index is 1.71. The van der Waals surface area contributed by atoms with Crippen molar-refractivity contribution in [3.05, 3.63) is 0 Å². The van der Waals surface area contributed by atoms with Crippen LogP contribution in [0.15, 0.2) is 0 Å². The van der Waals surface area contributed by atoms with Gasteiger partial charge in [-0.3, -0.25) is 0 Å². The molecule has 1 N–H and O–H groups in total.